The molecule has 0 aliphatic rings. The van der Waals surface area contributed by atoms with Crippen molar-refractivity contribution in [3.8, 4) is 5.75 Å². The molecule has 0 atom stereocenters. The monoisotopic (exact) mass is 515 g/mol. The van der Waals surface area contributed by atoms with E-state index in [9.17, 15) is 8.42 Å². The first-order chi connectivity index (χ1) is 15.8. The maximum Gasteiger partial charge on any atom is 0.297 e. The minimum absolute atomic E-state index is 0.0581. The van der Waals surface area contributed by atoms with Gasteiger partial charge in [-0.3, -0.25) is 0 Å². The van der Waals surface area contributed by atoms with Crippen molar-refractivity contribution in [3.63, 3.8) is 0 Å². The third kappa shape index (κ3) is 4.44. The van der Waals surface area contributed by atoms with Gasteiger partial charge in [0.25, 0.3) is 10.0 Å². The van der Waals surface area contributed by atoms with Crippen LogP contribution in [0.3, 0.4) is 0 Å². The van der Waals surface area contributed by atoms with Gasteiger partial charge in [-0.15, -0.1) is 11.3 Å². The molecule has 1 aromatic carbocycles. The smallest absolute Gasteiger partial charge is 0.297 e. The van der Waals surface area contributed by atoms with Crippen molar-refractivity contribution in [2.75, 3.05) is 11.4 Å². The second kappa shape index (κ2) is 8.62. The van der Waals surface area contributed by atoms with Gasteiger partial charge in [-0.2, -0.15) is 8.42 Å². The fourth-order valence-corrected chi connectivity index (χ4v) is 8.11. The van der Waals surface area contributed by atoms with E-state index in [1.807, 2.05) is 0 Å². The Hall–Kier alpha value is -2.49. The Morgan fingerprint density at radius 1 is 0.882 bits per heavy atom. The van der Waals surface area contributed by atoms with E-state index in [1.54, 1.807) is 67.1 Å². The number of thiazole rings is 1. The summed E-state index contributed by atoms with van der Waals surface area (Å²) >= 11 is 2.97. The maximum absolute atomic E-state index is 14.1. The highest BCUT2D eigenvalue weighted by Gasteiger charge is 2.35. The third-order valence-corrected chi connectivity index (χ3v) is 10.5. The van der Waals surface area contributed by atoms with Gasteiger partial charge in [0.2, 0.25) is 4.34 Å². The first kappa shape index (κ1) is 24.6. The fraction of sp³-hybridized carbons (Fsp3) is 0.360. The SMILES string of the molecule is COc1ccc(N(c2ccccn2)S(=O)(=O)c2nc3c(C(C)(C)C)sc(C(C)(C)C)c3s2)cc1. The summed E-state index contributed by atoms with van der Waals surface area (Å²) in [7, 11) is -2.47. The van der Waals surface area contributed by atoms with E-state index in [-0.39, 0.29) is 15.2 Å². The molecule has 3 aromatic heterocycles. The first-order valence-electron chi connectivity index (χ1n) is 10.9. The van der Waals surface area contributed by atoms with Gasteiger partial charge >= 0.3 is 0 Å². The highest BCUT2D eigenvalue weighted by Crippen LogP contribution is 2.47. The van der Waals surface area contributed by atoms with Crippen LogP contribution in [-0.2, 0) is 20.9 Å². The lowest BCUT2D eigenvalue weighted by molar-refractivity contribution is 0.415. The Kier molecular flexibility index (Phi) is 6.25. The molecule has 0 radical (unpaired) electrons. The average Bonchev–Trinajstić information content (AvgIpc) is 3.34. The minimum Gasteiger partial charge on any atom is -0.497 e. The molecule has 4 aromatic rings. The van der Waals surface area contributed by atoms with Crippen LogP contribution in [0.1, 0.15) is 51.3 Å². The summed E-state index contributed by atoms with van der Waals surface area (Å²) in [6, 6.07) is 12.1. The van der Waals surface area contributed by atoms with Gasteiger partial charge in [0.1, 0.15) is 11.6 Å². The van der Waals surface area contributed by atoms with E-state index in [2.05, 4.69) is 46.5 Å². The summed E-state index contributed by atoms with van der Waals surface area (Å²) in [6.07, 6.45) is 1.58. The highest BCUT2D eigenvalue weighted by atomic mass is 32.2. The van der Waals surface area contributed by atoms with Crippen molar-refractivity contribution < 1.29 is 13.2 Å². The molecule has 0 saturated heterocycles. The molecule has 0 N–H and O–H groups in total. The molecule has 4 rings (SSSR count). The van der Waals surface area contributed by atoms with Crippen LogP contribution in [0.5, 0.6) is 5.75 Å². The van der Waals surface area contributed by atoms with Crippen LogP contribution in [0.2, 0.25) is 0 Å². The van der Waals surface area contributed by atoms with E-state index in [4.69, 9.17) is 9.72 Å². The minimum atomic E-state index is -4.04. The van der Waals surface area contributed by atoms with Crippen molar-refractivity contribution in [1.29, 1.82) is 0 Å². The molecule has 34 heavy (non-hydrogen) atoms. The van der Waals surface area contributed by atoms with Gasteiger partial charge in [0.15, 0.2) is 0 Å². The number of rotatable bonds is 5. The number of sulfonamides is 1. The summed E-state index contributed by atoms with van der Waals surface area (Å²) < 4.78 is 35.7. The molecule has 0 aliphatic heterocycles. The summed E-state index contributed by atoms with van der Waals surface area (Å²) in [5.41, 5.74) is 0.959. The van der Waals surface area contributed by atoms with Gasteiger partial charge < -0.3 is 4.74 Å². The van der Waals surface area contributed by atoms with Gasteiger partial charge in [0.05, 0.1) is 23.0 Å². The maximum atomic E-state index is 14.1. The Labute approximate surface area is 209 Å². The second-order valence-electron chi connectivity index (χ2n) is 10.1. The summed E-state index contributed by atoms with van der Waals surface area (Å²) in [4.78, 5) is 11.3. The molecular weight excluding hydrogens is 486 g/mol. The predicted octanol–water partition coefficient (Wildman–Crippen LogP) is 6.88. The van der Waals surface area contributed by atoms with Crippen molar-refractivity contribution >= 4 is 54.4 Å². The molecule has 180 valence electrons. The normalized spacial score (nSPS) is 12.8. The summed E-state index contributed by atoms with van der Waals surface area (Å²) in [5.74, 6) is 0.943. The number of nitrogens with zero attached hydrogens (tertiary/aromatic N) is 3. The average molecular weight is 516 g/mol. The van der Waals surface area contributed by atoms with Gasteiger partial charge in [-0.05, 0) is 47.2 Å². The quantitative estimate of drug-likeness (QED) is 0.290. The van der Waals surface area contributed by atoms with Crippen LogP contribution in [0.15, 0.2) is 53.0 Å². The van der Waals surface area contributed by atoms with Crippen LogP contribution < -0.4 is 9.04 Å². The first-order valence-corrected chi connectivity index (χ1v) is 14.0. The number of thiophene rings is 1. The van der Waals surface area contributed by atoms with Crippen LogP contribution in [0.4, 0.5) is 11.5 Å². The molecule has 0 spiro atoms. The molecule has 6 nitrogen and oxygen atoms in total. The van der Waals surface area contributed by atoms with E-state index in [1.165, 1.54) is 15.6 Å². The van der Waals surface area contributed by atoms with Crippen LogP contribution in [0.25, 0.3) is 10.2 Å². The Morgan fingerprint density at radius 3 is 2.06 bits per heavy atom. The molecule has 3 heterocycles. The third-order valence-electron chi connectivity index (χ3n) is 5.22. The lowest BCUT2D eigenvalue weighted by atomic mass is 9.92. The number of pyridine rings is 1. The second-order valence-corrected chi connectivity index (χ2v) is 14.1. The van der Waals surface area contributed by atoms with Gasteiger partial charge in [-0.25, -0.2) is 14.3 Å². The van der Waals surface area contributed by atoms with E-state index in [0.29, 0.717) is 17.3 Å². The van der Waals surface area contributed by atoms with Crippen molar-refractivity contribution in [3.05, 3.63) is 58.4 Å². The topological polar surface area (TPSA) is 72.4 Å². The lowest BCUT2D eigenvalue weighted by Gasteiger charge is -2.22. The van der Waals surface area contributed by atoms with Crippen molar-refractivity contribution in [1.82, 2.24) is 9.97 Å². The Morgan fingerprint density at radius 2 is 1.53 bits per heavy atom. The Balaban J connectivity index is 1.95. The van der Waals surface area contributed by atoms with E-state index in [0.717, 1.165) is 20.0 Å². The fourth-order valence-electron chi connectivity index (χ4n) is 3.58. The molecule has 0 unspecified atom stereocenters. The molecular formula is C25H29N3O3S3. The number of hydrogen-bond donors (Lipinski definition) is 0. The molecule has 0 bridgehead atoms. The number of aromatic nitrogens is 2. The lowest BCUT2D eigenvalue weighted by Crippen LogP contribution is -2.27. The zero-order valence-electron chi connectivity index (χ0n) is 20.4. The molecule has 0 amide bonds. The van der Waals surface area contributed by atoms with Gasteiger partial charge in [-0.1, -0.05) is 58.9 Å². The number of fused-ring (bicyclic) bond motifs is 1. The number of ether oxygens (including phenoxy) is 1. The van der Waals surface area contributed by atoms with Gasteiger partial charge in [0, 0.05) is 16.0 Å². The molecule has 0 aliphatic carbocycles. The zero-order chi connectivity index (χ0) is 24.9. The van der Waals surface area contributed by atoms with Crippen LogP contribution in [-0.4, -0.2) is 25.5 Å². The number of hydrogen-bond acceptors (Lipinski definition) is 7. The van der Waals surface area contributed by atoms with Crippen LogP contribution >= 0.6 is 22.7 Å². The predicted molar refractivity (Wildman–Crippen MR) is 141 cm³/mol. The zero-order valence-corrected chi connectivity index (χ0v) is 22.9. The number of methoxy groups -OCH3 is 1. The van der Waals surface area contributed by atoms with E-state index < -0.39 is 10.0 Å². The van der Waals surface area contributed by atoms with Crippen molar-refractivity contribution in [2.24, 2.45) is 0 Å². The molecule has 0 saturated carbocycles. The Bertz CT molecular complexity index is 1360. The largest absolute Gasteiger partial charge is 0.497 e. The summed E-state index contributed by atoms with van der Waals surface area (Å²) in [6.45, 7) is 12.9. The standard InChI is InChI=1S/C25H29N3O3S3/c1-24(2,3)21-19-20(22(33-21)25(4,5)6)32-23(27-19)34(29,30)28(18-10-8-9-15-26-18)16-11-13-17(31-7)14-12-16/h8-15H,1-7H3. The molecule has 0 fully saturated rings. The number of anilines is 2. The number of benzene rings is 1. The summed E-state index contributed by atoms with van der Waals surface area (Å²) in [5, 5.41) is 0. The van der Waals surface area contributed by atoms with Crippen LogP contribution in [0, 0.1) is 0 Å². The van der Waals surface area contributed by atoms with E-state index >= 15 is 0 Å². The highest BCUT2D eigenvalue weighted by molar-refractivity contribution is 7.95. The van der Waals surface area contributed by atoms with Crippen molar-refractivity contribution in [2.45, 2.75) is 56.7 Å². The molecule has 9 heteroatoms.